The van der Waals surface area contributed by atoms with Gasteiger partial charge in [0.05, 0.1) is 18.1 Å². The van der Waals surface area contributed by atoms with Gasteiger partial charge in [0.15, 0.2) is 11.5 Å². The van der Waals surface area contributed by atoms with E-state index in [0.717, 1.165) is 31.7 Å². The number of carbonyl (C=O) groups excluding carboxylic acids is 1. The molecule has 2 aliphatic rings. The molecule has 3 heterocycles. The van der Waals surface area contributed by atoms with Crippen LogP contribution in [-0.2, 0) is 11.0 Å². The van der Waals surface area contributed by atoms with Crippen molar-refractivity contribution >= 4 is 29.2 Å². The van der Waals surface area contributed by atoms with Crippen molar-refractivity contribution in [2.75, 3.05) is 27.9 Å². The Morgan fingerprint density at radius 2 is 1.82 bits per heavy atom. The lowest BCUT2D eigenvalue weighted by molar-refractivity contribution is -0.141. The lowest BCUT2D eigenvalue weighted by Crippen LogP contribution is -2.49. The Hall–Kier alpha value is -3.18. The lowest BCUT2D eigenvalue weighted by Gasteiger charge is -2.37. The molecule has 9 nitrogen and oxygen atoms in total. The average Bonchev–Trinajstić information content (AvgIpc) is 3.15. The van der Waals surface area contributed by atoms with Crippen LogP contribution in [0.4, 0.5) is 36.4 Å². The first-order chi connectivity index (χ1) is 15.5. The first-order valence-electron chi connectivity index (χ1n) is 10.9. The van der Waals surface area contributed by atoms with Gasteiger partial charge in [0.2, 0.25) is 11.9 Å². The molecule has 0 bridgehead atoms. The van der Waals surface area contributed by atoms with Crippen molar-refractivity contribution in [3.8, 4) is 0 Å². The van der Waals surface area contributed by atoms with Crippen molar-refractivity contribution in [1.82, 2.24) is 19.9 Å². The van der Waals surface area contributed by atoms with Crippen LogP contribution in [0.25, 0.3) is 0 Å². The maximum atomic E-state index is 12.7. The topological polar surface area (TPSA) is 108 Å². The van der Waals surface area contributed by atoms with Crippen molar-refractivity contribution in [3.63, 3.8) is 0 Å². The summed E-state index contributed by atoms with van der Waals surface area (Å²) in [5, 5.41) is 9.45. The van der Waals surface area contributed by atoms with Crippen LogP contribution in [0.2, 0.25) is 0 Å². The molecule has 0 unspecified atom stereocenters. The monoisotopic (exact) mass is 464 g/mol. The molecule has 0 spiro atoms. The fourth-order valence-electron chi connectivity index (χ4n) is 4.46. The van der Waals surface area contributed by atoms with E-state index in [9.17, 15) is 18.0 Å². The number of aryl methyl sites for hydroxylation is 1. The van der Waals surface area contributed by atoms with Crippen LogP contribution in [-0.4, -0.2) is 51.0 Å². The minimum absolute atomic E-state index is 0.0412. The summed E-state index contributed by atoms with van der Waals surface area (Å²) in [6.45, 7) is 5.81. The highest BCUT2D eigenvalue weighted by atomic mass is 19.4. The van der Waals surface area contributed by atoms with Gasteiger partial charge in [-0.1, -0.05) is 13.8 Å². The zero-order valence-corrected chi connectivity index (χ0v) is 18.9. The number of anilines is 4. The number of alkyl halides is 3. The van der Waals surface area contributed by atoms with Crippen LogP contribution in [0.3, 0.4) is 0 Å². The highest BCUT2D eigenvalue weighted by Gasteiger charge is 2.36. The lowest BCUT2D eigenvalue weighted by atomic mass is 9.99. The molecule has 1 fully saturated rings. The first kappa shape index (κ1) is 23.0. The Kier molecular flexibility index (Phi) is 6.02. The third kappa shape index (κ3) is 4.79. The number of nitrogens with zero attached hydrogens (tertiary/aromatic N) is 5. The molecule has 1 saturated carbocycles. The summed E-state index contributed by atoms with van der Waals surface area (Å²) in [7, 11) is 1.86. The number of halogens is 3. The van der Waals surface area contributed by atoms with E-state index >= 15 is 0 Å². The Labute approximate surface area is 189 Å². The summed E-state index contributed by atoms with van der Waals surface area (Å²) in [6.07, 6.45) is -0.288. The number of rotatable bonds is 5. The minimum atomic E-state index is -4.51. The maximum Gasteiger partial charge on any atom is 0.434 e. The van der Waals surface area contributed by atoms with Gasteiger partial charge in [-0.05, 0) is 32.1 Å². The molecule has 2 aromatic heterocycles. The van der Waals surface area contributed by atoms with Gasteiger partial charge < -0.3 is 20.9 Å². The normalized spacial score (nSPS) is 22.8. The first-order valence-corrected chi connectivity index (χ1v) is 10.9. The van der Waals surface area contributed by atoms with Crippen LogP contribution < -0.4 is 20.9 Å². The predicted octanol–water partition coefficient (Wildman–Crippen LogP) is 3.45. The van der Waals surface area contributed by atoms with E-state index in [2.05, 4.69) is 35.9 Å². The third-order valence-corrected chi connectivity index (χ3v) is 6.03. The van der Waals surface area contributed by atoms with E-state index < -0.39 is 11.9 Å². The highest BCUT2D eigenvalue weighted by molar-refractivity contribution is 6.03. The number of fused-ring (bicyclic) bond motifs is 1. The molecule has 12 heteroatoms. The van der Waals surface area contributed by atoms with Crippen LogP contribution >= 0.6 is 0 Å². The predicted molar refractivity (Wildman–Crippen MR) is 118 cm³/mol. The number of likely N-dealkylation sites (N-methyl/N-ethyl adjacent to an activating group) is 1. The third-order valence-electron chi connectivity index (χ3n) is 6.03. The molecule has 0 saturated heterocycles. The van der Waals surface area contributed by atoms with Gasteiger partial charge >= 0.3 is 6.18 Å². The van der Waals surface area contributed by atoms with Crippen molar-refractivity contribution in [2.24, 2.45) is 5.92 Å². The summed E-state index contributed by atoms with van der Waals surface area (Å²) in [5.74, 6) is 1.52. The average molecular weight is 464 g/mol. The molecule has 4 rings (SSSR count). The molecular weight excluding hydrogens is 437 g/mol. The zero-order chi connectivity index (χ0) is 23.9. The smallest absolute Gasteiger partial charge is 0.366 e. The molecule has 0 radical (unpaired) electrons. The van der Waals surface area contributed by atoms with Crippen LogP contribution in [0, 0.1) is 12.8 Å². The molecule has 33 heavy (non-hydrogen) atoms. The van der Waals surface area contributed by atoms with Gasteiger partial charge in [0.1, 0.15) is 17.5 Å². The zero-order valence-electron chi connectivity index (χ0n) is 18.9. The Morgan fingerprint density at radius 3 is 2.42 bits per heavy atom. The van der Waals surface area contributed by atoms with E-state index in [1.54, 1.807) is 0 Å². The van der Waals surface area contributed by atoms with E-state index in [1.807, 2.05) is 32.7 Å². The minimum Gasteiger partial charge on any atom is -0.366 e. The fourth-order valence-corrected chi connectivity index (χ4v) is 4.46. The summed E-state index contributed by atoms with van der Waals surface area (Å²) >= 11 is 0. The molecular formula is C21H27F3N8O. The maximum absolute atomic E-state index is 12.7. The fraction of sp³-hybridized carbons (Fsp3) is 0.571. The second-order valence-electron chi connectivity index (χ2n) is 8.90. The number of amides is 1. The molecule has 3 atom stereocenters. The van der Waals surface area contributed by atoms with E-state index in [0.29, 0.717) is 29.0 Å². The molecule has 1 aliphatic heterocycles. The number of carbonyl (C=O) groups is 1. The second-order valence-corrected chi connectivity index (χ2v) is 8.90. The highest BCUT2D eigenvalue weighted by Crippen LogP contribution is 2.35. The number of nitrogens with one attached hydrogen (secondary N) is 3. The number of hydrogen-bond acceptors (Lipinski definition) is 8. The summed E-state index contributed by atoms with van der Waals surface area (Å²) in [6, 6.07) is -0.184. The molecule has 3 N–H and O–H groups in total. The van der Waals surface area contributed by atoms with E-state index in [4.69, 9.17) is 0 Å². The molecule has 178 valence electrons. The van der Waals surface area contributed by atoms with Crippen molar-refractivity contribution in [2.45, 2.75) is 64.3 Å². The van der Waals surface area contributed by atoms with Crippen LogP contribution in [0.1, 0.15) is 44.5 Å². The summed E-state index contributed by atoms with van der Waals surface area (Å²) in [5.41, 5.74) is 0.286. The molecule has 0 aromatic carbocycles. The second kappa shape index (κ2) is 8.64. The van der Waals surface area contributed by atoms with Gasteiger partial charge in [-0.25, -0.2) is 15.0 Å². The molecule has 2 aromatic rings. The SMILES string of the molecule is Cc1nc(N[C@@H]2CC[C@H](Nc3cnc(C(F)(F)F)cn3)C2)nc2c1NC(=O)[C@H](C(C)C)N2C. The number of aromatic nitrogens is 4. The Morgan fingerprint density at radius 1 is 1.12 bits per heavy atom. The quantitative estimate of drug-likeness (QED) is 0.618. The summed E-state index contributed by atoms with van der Waals surface area (Å²) in [4.78, 5) is 30.8. The molecule has 1 aliphatic carbocycles. The Bertz CT molecular complexity index is 1030. The van der Waals surface area contributed by atoms with E-state index in [1.165, 1.54) is 0 Å². The summed E-state index contributed by atoms with van der Waals surface area (Å²) < 4.78 is 38.0. The van der Waals surface area contributed by atoms with Gasteiger partial charge in [0, 0.05) is 19.1 Å². The van der Waals surface area contributed by atoms with E-state index in [-0.39, 0.29) is 30.0 Å². The van der Waals surface area contributed by atoms with Crippen molar-refractivity contribution in [3.05, 3.63) is 23.8 Å². The van der Waals surface area contributed by atoms with Gasteiger partial charge in [-0.2, -0.15) is 18.2 Å². The van der Waals surface area contributed by atoms with Crippen LogP contribution in [0.5, 0.6) is 0 Å². The van der Waals surface area contributed by atoms with Gasteiger partial charge in [-0.3, -0.25) is 4.79 Å². The van der Waals surface area contributed by atoms with Gasteiger partial charge in [-0.15, -0.1) is 0 Å². The number of hydrogen-bond donors (Lipinski definition) is 3. The van der Waals surface area contributed by atoms with Crippen LogP contribution in [0.15, 0.2) is 12.4 Å². The Balaban J connectivity index is 1.41. The van der Waals surface area contributed by atoms with Crippen molar-refractivity contribution < 1.29 is 18.0 Å². The largest absolute Gasteiger partial charge is 0.434 e. The van der Waals surface area contributed by atoms with Crippen molar-refractivity contribution in [1.29, 1.82) is 0 Å². The standard InChI is InChI=1S/C21H27F3N8O/c1-10(2)17-19(33)30-16-11(3)27-20(31-18(16)32(17)4)29-13-6-5-12(7-13)28-15-9-25-14(8-26-15)21(22,23)24/h8-10,12-13,17H,5-7H2,1-4H3,(H,26,28)(H,30,33)(H,27,29,31)/t12-,13+,17-/m0/s1. The molecule has 1 amide bonds. The van der Waals surface area contributed by atoms with Gasteiger partial charge in [0.25, 0.3) is 0 Å².